The molecule has 0 atom stereocenters. The highest BCUT2D eigenvalue weighted by Gasteiger charge is 2.40. The number of hydrogen-bond donors (Lipinski definition) is 1. The van der Waals surface area contributed by atoms with Gasteiger partial charge >= 0.3 is 5.97 Å². The largest absolute Gasteiger partial charge is 0.469 e. The van der Waals surface area contributed by atoms with Crippen molar-refractivity contribution in [1.82, 2.24) is 10.2 Å². The number of carbonyl (C=O) groups is 1. The Morgan fingerprint density at radius 2 is 1.86 bits per heavy atom. The Hall–Kier alpha value is -2.18. The number of piperidine rings is 1. The van der Waals surface area contributed by atoms with Gasteiger partial charge in [0.1, 0.15) is 11.6 Å². The van der Waals surface area contributed by atoms with Crippen molar-refractivity contribution in [3.63, 3.8) is 0 Å². The number of guanidine groups is 1. The van der Waals surface area contributed by atoms with Crippen LogP contribution in [0, 0.1) is 17.6 Å². The van der Waals surface area contributed by atoms with Crippen LogP contribution in [-0.4, -0.2) is 50.6 Å². The van der Waals surface area contributed by atoms with Crippen molar-refractivity contribution in [2.24, 2.45) is 10.9 Å². The van der Waals surface area contributed by atoms with Crippen LogP contribution >= 0.6 is 0 Å². The van der Waals surface area contributed by atoms with Gasteiger partial charge in [-0.3, -0.25) is 9.79 Å². The van der Waals surface area contributed by atoms with E-state index in [-0.39, 0.29) is 17.5 Å². The molecule has 3 rings (SSSR count). The van der Waals surface area contributed by atoms with Crippen LogP contribution in [0.2, 0.25) is 0 Å². The summed E-state index contributed by atoms with van der Waals surface area (Å²) in [6.07, 6.45) is 4.83. The summed E-state index contributed by atoms with van der Waals surface area (Å²) in [5, 5.41) is 3.36. The molecule has 1 saturated heterocycles. The zero-order valence-electron chi connectivity index (χ0n) is 16.6. The fourth-order valence-corrected chi connectivity index (χ4v) is 4.65. The van der Waals surface area contributed by atoms with Crippen molar-refractivity contribution >= 4 is 11.9 Å². The van der Waals surface area contributed by atoms with Crippen LogP contribution in [0.4, 0.5) is 8.78 Å². The third-order valence-electron chi connectivity index (χ3n) is 6.18. The molecule has 1 aliphatic heterocycles. The highest BCUT2D eigenvalue weighted by atomic mass is 19.1. The van der Waals surface area contributed by atoms with Crippen LogP contribution in [0.3, 0.4) is 0 Å². The Bertz CT molecular complexity index is 704. The minimum atomic E-state index is -0.560. The average molecular weight is 393 g/mol. The lowest BCUT2D eigenvalue weighted by Gasteiger charge is -2.36. The minimum absolute atomic E-state index is 0.0759. The van der Waals surface area contributed by atoms with Gasteiger partial charge in [0, 0.05) is 37.7 Å². The van der Waals surface area contributed by atoms with Gasteiger partial charge in [0.05, 0.1) is 13.0 Å². The van der Waals surface area contributed by atoms with E-state index in [1.165, 1.54) is 25.3 Å². The molecule has 0 unspecified atom stereocenters. The van der Waals surface area contributed by atoms with Gasteiger partial charge in [0.2, 0.25) is 0 Å². The van der Waals surface area contributed by atoms with Gasteiger partial charge in [-0.2, -0.15) is 0 Å². The summed E-state index contributed by atoms with van der Waals surface area (Å²) >= 11 is 0. The first kappa shape index (κ1) is 20.6. The number of likely N-dealkylation sites (tertiary alicyclic amines) is 1. The molecule has 0 amide bonds. The summed E-state index contributed by atoms with van der Waals surface area (Å²) < 4.78 is 33.9. The summed E-state index contributed by atoms with van der Waals surface area (Å²) in [5.41, 5.74) is -0.366. The molecule has 28 heavy (non-hydrogen) atoms. The molecule has 154 valence electrons. The molecule has 2 fully saturated rings. The maximum Gasteiger partial charge on any atom is 0.308 e. The summed E-state index contributed by atoms with van der Waals surface area (Å²) in [6.45, 7) is 1.83. The Morgan fingerprint density at radius 1 is 1.25 bits per heavy atom. The number of methoxy groups -OCH3 is 1. The summed E-state index contributed by atoms with van der Waals surface area (Å²) in [7, 11) is 3.12. The molecule has 2 aliphatic rings. The fraction of sp³-hybridized carbons (Fsp3) is 0.619. The molecule has 0 aromatic heterocycles. The molecule has 1 aromatic carbocycles. The van der Waals surface area contributed by atoms with E-state index in [0.29, 0.717) is 38.4 Å². The van der Waals surface area contributed by atoms with Crippen LogP contribution in [-0.2, 0) is 14.9 Å². The van der Waals surface area contributed by atoms with Crippen molar-refractivity contribution in [1.29, 1.82) is 0 Å². The number of carbonyl (C=O) groups excluding carboxylic acids is 1. The number of ether oxygens (including phenoxy) is 1. The maximum absolute atomic E-state index is 14.5. The van der Waals surface area contributed by atoms with Gasteiger partial charge in [-0.25, -0.2) is 8.78 Å². The quantitative estimate of drug-likeness (QED) is 0.485. The normalized spacial score (nSPS) is 20.3. The zero-order valence-corrected chi connectivity index (χ0v) is 16.6. The Morgan fingerprint density at radius 3 is 2.39 bits per heavy atom. The van der Waals surface area contributed by atoms with E-state index in [2.05, 4.69) is 15.2 Å². The number of esters is 1. The molecule has 0 bridgehead atoms. The van der Waals surface area contributed by atoms with Crippen LogP contribution in [0.25, 0.3) is 0 Å². The number of benzene rings is 1. The number of nitrogens with one attached hydrogen (secondary N) is 1. The summed E-state index contributed by atoms with van der Waals surface area (Å²) in [4.78, 5) is 18.2. The third-order valence-corrected chi connectivity index (χ3v) is 6.18. The van der Waals surface area contributed by atoms with Crippen LogP contribution < -0.4 is 5.32 Å². The average Bonchev–Trinajstić information content (AvgIpc) is 3.17. The first-order valence-corrected chi connectivity index (χ1v) is 9.98. The van der Waals surface area contributed by atoms with Gasteiger partial charge in [0.15, 0.2) is 5.96 Å². The van der Waals surface area contributed by atoms with E-state index in [4.69, 9.17) is 4.74 Å². The van der Waals surface area contributed by atoms with Gasteiger partial charge in [-0.05, 0) is 37.8 Å². The molecular formula is C21H29F2N3O2. The Balaban J connectivity index is 1.69. The smallest absolute Gasteiger partial charge is 0.308 e. The van der Waals surface area contributed by atoms with Crippen molar-refractivity contribution in [2.45, 2.75) is 43.9 Å². The molecule has 1 saturated carbocycles. The predicted molar refractivity (Wildman–Crippen MR) is 104 cm³/mol. The molecule has 0 spiro atoms. The second kappa shape index (κ2) is 8.88. The number of halogens is 2. The molecule has 5 nitrogen and oxygen atoms in total. The Kier molecular flexibility index (Phi) is 6.52. The first-order valence-electron chi connectivity index (χ1n) is 9.98. The van der Waals surface area contributed by atoms with Crippen molar-refractivity contribution < 1.29 is 18.3 Å². The van der Waals surface area contributed by atoms with E-state index >= 15 is 0 Å². The number of rotatable bonds is 4. The third kappa shape index (κ3) is 4.13. The SMILES string of the molecule is CN=C(NCC1(c2c(F)cccc2F)CCCC1)N1CCC(C(=O)OC)CC1. The monoisotopic (exact) mass is 393 g/mol. The van der Waals surface area contributed by atoms with Gasteiger partial charge in [0.25, 0.3) is 0 Å². The van der Waals surface area contributed by atoms with Gasteiger partial charge < -0.3 is 15.0 Å². The maximum atomic E-state index is 14.5. The van der Waals surface area contributed by atoms with E-state index < -0.39 is 17.0 Å². The highest BCUT2D eigenvalue weighted by molar-refractivity contribution is 5.80. The second-order valence-electron chi connectivity index (χ2n) is 7.77. The van der Waals surface area contributed by atoms with Gasteiger partial charge in [-0.1, -0.05) is 18.9 Å². The molecule has 1 heterocycles. The summed E-state index contributed by atoms with van der Waals surface area (Å²) in [5.74, 6) is -0.475. The van der Waals surface area contributed by atoms with Crippen LogP contribution in [0.1, 0.15) is 44.1 Å². The van der Waals surface area contributed by atoms with E-state index in [9.17, 15) is 13.6 Å². The van der Waals surface area contributed by atoms with Crippen molar-refractivity contribution in [2.75, 3.05) is 33.8 Å². The van der Waals surface area contributed by atoms with Crippen molar-refractivity contribution in [3.8, 4) is 0 Å². The molecule has 1 aromatic rings. The number of nitrogens with zero attached hydrogens (tertiary/aromatic N) is 2. The topological polar surface area (TPSA) is 53.9 Å². The Labute approximate surface area is 165 Å². The lowest BCUT2D eigenvalue weighted by atomic mass is 9.78. The lowest BCUT2D eigenvalue weighted by molar-refractivity contribution is -0.146. The standard InChI is InChI=1S/C21H29F2N3O2/c1-24-20(26-12-8-15(9-13-26)19(27)28-2)25-14-21(10-3-4-11-21)18-16(22)6-5-7-17(18)23/h5-7,15H,3-4,8-14H2,1-2H3,(H,24,25). The molecule has 1 aliphatic carbocycles. The predicted octanol–water partition coefficient (Wildman–Crippen LogP) is 3.24. The van der Waals surface area contributed by atoms with E-state index in [1.54, 1.807) is 7.05 Å². The first-order chi connectivity index (χ1) is 13.5. The van der Waals surface area contributed by atoms with Crippen LogP contribution in [0.5, 0.6) is 0 Å². The number of aliphatic imine (C=N–C) groups is 1. The van der Waals surface area contributed by atoms with E-state index in [1.807, 2.05) is 0 Å². The lowest BCUT2D eigenvalue weighted by Crippen LogP contribution is -2.50. The minimum Gasteiger partial charge on any atom is -0.469 e. The van der Waals surface area contributed by atoms with Gasteiger partial charge in [-0.15, -0.1) is 0 Å². The summed E-state index contributed by atoms with van der Waals surface area (Å²) in [6, 6.07) is 4.09. The highest BCUT2D eigenvalue weighted by Crippen LogP contribution is 2.42. The fourth-order valence-electron chi connectivity index (χ4n) is 4.65. The number of hydrogen-bond acceptors (Lipinski definition) is 3. The van der Waals surface area contributed by atoms with Crippen LogP contribution in [0.15, 0.2) is 23.2 Å². The van der Waals surface area contributed by atoms with E-state index in [0.717, 1.165) is 25.7 Å². The molecule has 7 heteroatoms. The van der Waals surface area contributed by atoms with Crippen molar-refractivity contribution in [3.05, 3.63) is 35.4 Å². The molecule has 0 radical (unpaired) electrons. The second-order valence-corrected chi connectivity index (χ2v) is 7.77. The zero-order chi connectivity index (χ0) is 20.1. The molecule has 1 N–H and O–H groups in total. The molecular weight excluding hydrogens is 364 g/mol.